The van der Waals surface area contributed by atoms with Crippen molar-refractivity contribution >= 4 is 36.6 Å². The summed E-state index contributed by atoms with van der Waals surface area (Å²) in [6, 6.07) is 0. The molecule has 0 rings (SSSR count). The number of carbonyl (C=O) groups is 1. The van der Waals surface area contributed by atoms with Crippen LogP contribution in [0.2, 0.25) is 0 Å². The van der Waals surface area contributed by atoms with E-state index in [4.69, 9.17) is 33.0 Å². The summed E-state index contributed by atoms with van der Waals surface area (Å²) in [7, 11) is -4.17. The number of hydrogen-bond donors (Lipinski definition) is 3. The van der Waals surface area contributed by atoms with Gasteiger partial charge in [-0.25, -0.2) is 0 Å². The summed E-state index contributed by atoms with van der Waals surface area (Å²) >= 11 is 9.64. The van der Waals surface area contributed by atoms with Crippen LogP contribution in [0.3, 0.4) is 0 Å². The molecule has 0 aliphatic rings. The van der Waals surface area contributed by atoms with Crippen LogP contribution in [0.1, 0.15) is 20.8 Å². The van der Waals surface area contributed by atoms with E-state index in [-0.39, 0.29) is 0 Å². The van der Waals surface area contributed by atoms with Crippen LogP contribution in [0.5, 0.6) is 0 Å². The van der Waals surface area contributed by atoms with Gasteiger partial charge >= 0.3 is 7.60 Å². The molecule has 15 heavy (non-hydrogen) atoms. The third-order valence-electron chi connectivity index (χ3n) is 1.19. The smallest absolute Gasteiger partial charge is 0.324 e. The molecule has 0 spiro atoms. The Morgan fingerprint density at radius 1 is 1.40 bits per heavy atom. The highest BCUT2D eigenvalue weighted by Crippen LogP contribution is 2.36. The Hall–Kier alpha value is 0.360. The fourth-order valence-corrected chi connectivity index (χ4v) is 1.27. The summed E-state index contributed by atoms with van der Waals surface area (Å²) in [6.45, 7) is 4.89. The Kier molecular flexibility index (Phi) is 8.09. The topological polar surface area (TPSA) is 101 Å². The van der Waals surface area contributed by atoms with E-state index in [1.165, 1.54) is 0 Å². The van der Waals surface area contributed by atoms with Crippen LogP contribution in [-0.4, -0.2) is 26.7 Å². The predicted molar refractivity (Wildman–Crippen MR) is 61.1 cm³/mol. The largest absolute Gasteiger partial charge is 0.332 e. The molecule has 0 fully saturated rings. The SMILES string of the molecule is CC(C)(C)C(=O)CP(=O)(O)O.NC(Cl)Cl. The monoisotopic (exact) mass is 279 g/mol. The Balaban J connectivity index is 0. The van der Waals surface area contributed by atoms with Crippen LogP contribution in [0, 0.1) is 5.41 Å². The third kappa shape index (κ3) is 17.0. The summed E-state index contributed by atoms with van der Waals surface area (Å²) < 4.78 is 10.4. The third-order valence-corrected chi connectivity index (χ3v) is 1.89. The average Bonchev–Trinajstić information content (AvgIpc) is 1.78. The maximum Gasteiger partial charge on any atom is 0.332 e. The summed E-state index contributed by atoms with van der Waals surface area (Å²) in [5.41, 5.74) is 3.98. The lowest BCUT2D eigenvalue weighted by Gasteiger charge is -2.16. The molecular weight excluding hydrogens is 264 g/mol. The first kappa shape index (κ1) is 17.7. The molecule has 0 amide bonds. The van der Waals surface area contributed by atoms with Crippen molar-refractivity contribution in [1.29, 1.82) is 0 Å². The Labute approximate surface area is 99.1 Å². The highest BCUT2D eigenvalue weighted by Gasteiger charge is 2.28. The van der Waals surface area contributed by atoms with Crippen LogP contribution in [0.25, 0.3) is 0 Å². The quantitative estimate of drug-likeness (QED) is 0.404. The van der Waals surface area contributed by atoms with Crippen LogP contribution in [0.15, 0.2) is 0 Å². The molecule has 0 saturated heterocycles. The lowest BCUT2D eigenvalue weighted by Crippen LogP contribution is -2.23. The van der Waals surface area contributed by atoms with Gasteiger partial charge in [-0.05, 0) is 0 Å². The van der Waals surface area contributed by atoms with Gasteiger partial charge in [-0.1, -0.05) is 44.0 Å². The van der Waals surface area contributed by atoms with Gasteiger partial charge in [-0.2, -0.15) is 0 Å². The van der Waals surface area contributed by atoms with Crippen molar-refractivity contribution in [2.75, 3.05) is 6.16 Å². The van der Waals surface area contributed by atoms with E-state index in [0.29, 0.717) is 0 Å². The number of Topliss-reactive ketones (excluding diaryl/α,β-unsaturated/α-hetero) is 1. The van der Waals surface area contributed by atoms with Crippen LogP contribution in [0.4, 0.5) is 0 Å². The molecule has 0 aromatic heterocycles. The maximum absolute atomic E-state index is 11.0. The first-order chi connectivity index (χ1) is 6.36. The highest BCUT2D eigenvalue weighted by molar-refractivity contribution is 7.52. The Morgan fingerprint density at radius 3 is 1.73 bits per heavy atom. The second kappa shape index (κ2) is 6.84. The normalized spacial score (nSPS) is 12.1. The number of carbonyl (C=O) groups excluding carboxylic acids is 1. The molecule has 0 saturated carbocycles. The van der Waals surface area contributed by atoms with E-state index < -0.39 is 29.9 Å². The average molecular weight is 280 g/mol. The van der Waals surface area contributed by atoms with Crippen molar-refractivity contribution in [3.05, 3.63) is 0 Å². The molecule has 92 valence electrons. The molecule has 0 atom stereocenters. The second-order valence-corrected chi connectivity index (χ2v) is 6.64. The van der Waals surface area contributed by atoms with Gasteiger partial charge in [-0.3, -0.25) is 9.36 Å². The molecule has 0 heterocycles. The van der Waals surface area contributed by atoms with Gasteiger partial charge in [0.2, 0.25) is 0 Å². The first-order valence-corrected chi connectivity index (χ1v) is 6.65. The summed E-state index contributed by atoms with van der Waals surface area (Å²) in [5, 5.41) is 0. The maximum atomic E-state index is 11.0. The van der Waals surface area contributed by atoms with Crippen molar-refractivity contribution < 1.29 is 19.1 Å². The predicted octanol–water partition coefficient (Wildman–Crippen LogP) is 1.49. The van der Waals surface area contributed by atoms with Gasteiger partial charge in [0.1, 0.15) is 11.9 Å². The van der Waals surface area contributed by atoms with E-state index in [1.54, 1.807) is 20.8 Å². The zero-order valence-electron chi connectivity index (χ0n) is 8.78. The molecular formula is C7H16Cl2NO4P. The van der Waals surface area contributed by atoms with Gasteiger partial charge in [-0.15, -0.1) is 0 Å². The van der Waals surface area contributed by atoms with Crippen LogP contribution < -0.4 is 5.73 Å². The molecule has 0 aromatic carbocycles. The van der Waals surface area contributed by atoms with E-state index in [0.717, 1.165) is 0 Å². The number of alkyl halides is 2. The molecule has 0 aliphatic carbocycles. The minimum atomic E-state index is -4.17. The minimum Gasteiger partial charge on any atom is -0.324 e. The number of hydrogen-bond acceptors (Lipinski definition) is 3. The van der Waals surface area contributed by atoms with E-state index in [1.807, 2.05) is 0 Å². The van der Waals surface area contributed by atoms with Crippen molar-refractivity contribution in [3.63, 3.8) is 0 Å². The van der Waals surface area contributed by atoms with Crippen LogP contribution >= 0.6 is 30.8 Å². The summed E-state index contributed by atoms with van der Waals surface area (Å²) in [6.07, 6.45) is -0.656. The van der Waals surface area contributed by atoms with Gasteiger partial charge < -0.3 is 15.5 Å². The second-order valence-electron chi connectivity index (χ2n) is 3.83. The number of nitrogens with two attached hydrogens (primary N) is 1. The number of rotatable bonds is 2. The zero-order chi connectivity index (χ0) is 12.9. The van der Waals surface area contributed by atoms with Gasteiger partial charge in [0, 0.05) is 5.41 Å². The van der Waals surface area contributed by atoms with Crippen molar-refractivity contribution in [3.8, 4) is 0 Å². The van der Waals surface area contributed by atoms with Gasteiger partial charge in [0.05, 0.1) is 0 Å². The fourth-order valence-electron chi connectivity index (χ4n) is 0.424. The molecule has 5 nitrogen and oxygen atoms in total. The van der Waals surface area contributed by atoms with Gasteiger partial charge in [0.15, 0.2) is 4.96 Å². The minimum absolute atomic E-state index is 0.411. The highest BCUT2D eigenvalue weighted by atomic mass is 35.5. The standard InChI is InChI=1S/C6H13O4P.CH3Cl2N/c1-6(2,3)5(7)4-11(8,9)10;2-1(3)4/h4H2,1-3H3,(H2,8,9,10);1H,4H2. The Morgan fingerprint density at radius 2 is 1.67 bits per heavy atom. The Bertz CT molecular complexity index is 243. The lowest BCUT2D eigenvalue weighted by molar-refractivity contribution is -0.123. The van der Waals surface area contributed by atoms with Crippen molar-refractivity contribution in [2.24, 2.45) is 11.1 Å². The summed E-state index contributed by atoms with van der Waals surface area (Å²) in [5.74, 6) is -0.411. The van der Waals surface area contributed by atoms with Crippen LogP contribution in [-0.2, 0) is 9.36 Å². The van der Waals surface area contributed by atoms with Crippen molar-refractivity contribution in [2.45, 2.75) is 25.7 Å². The molecule has 0 bridgehead atoms. The fraction of sp³-hybridized carbons (Fsp3) is 0.857. The van der Waals surface area contributed by atoms with Crippen molar-refractivity contribution in [1.82, 2.24) is 0 Å². The molecule has 0 radical (unpaired) electrons. The molecule has 0 unspecified atom stereocenters. The van der Waals surface area contributed by atoms with E-state index in [2.05, 4.69) is 5.73 Å². The molecule has 8 heteroatoms. The summed E-state index contributed by atoms with van der Waals surface area (Å²) in [4.78, 5) is 27.1. The van der Waals surface area contributed by atoms with E-state index in [9.17, 15) is 9.36 Å². The number of halogens is 2. The lowest BCUT2D eigenvalue weighted by atomic mass is 9.92. The molecule has 4 N–H and O–H groups in total. The van der Waals surface area contributed by atoms with E-state index >= 15 is 0 Å². The van der Waals surface area contributed by atoms with Gasteiger partial charge in [0.25, 0.3) is 0 Å². The molecule has 0 aromatic rings. The zero-order valence-corrected chi connectivity index (χ0v) is 11.2. The first-order valence-electron chi connectivity index (χ1n) is 3.98. The number of ketones is 1. The molecule has 0 aliphatic heterocycles.